The van der Waals surface area contributed by atoms with Gasteiger partial charge in [0, 0.05) is 40.4 Å². The number of hydrogen-bond donors (Lipinski definition) is 2. The first-order valence-corrected chi connectivity index (χ1v) is 11.9. The second-order valence-corrected chi connectivity index (χ2v) is 9.69. The highest BCUT2D eigenvalue weighted by molar-refractivity contribution is 6.12. The maximum absolute atomic E-state index is 13.1. The number of anilines is 1. The molecule has 0 fully saturated rings. The molecular weight excluding hydrogens is 468 g/mol. The Morgan fingerprint density at radius 1 is 0.892 bits per heavy atom. The molecule has 8 heteroatoms. The van der Waals surface area contributed by atoms with Crippen molar-refractivity contribution in [3.8, 4) is 23.0 Å². The van der Waals surface area contributed by atoms with E-state index in [-0.39, 0.29) is 11.3 Å². The van der Waals surface area contributed by atoms with Crippen molar-refractivity contribution in [1.82, 2.24) is 15.2 Å². The van der Waals surface area contributed by atoms with Crippen molar-refractivity contribution < 1.29 is 19.0 Å². The fraction of sp³-hybridized carbons (Fsp3) is 0.207. The number of nitrogens with one attached hydrogen (secondary N) is 2. The molecule has 37 heavy (non-hydrogen) atoms. The second kappa shape index (κ2) is 9.46. The van der Waals surface area contributed by atoms with E-state index in [0.29, 0.717) is 34.4 Å². The Hall–Kier alpha value is -4.59. The lowest BCUT2D eigenvalue weighted by molar-refractivity contribution is 0.102. The fourth-order valence-electron chi connectivity index (χ4n) is 4.14. The van der Waals surface area contributed by atoms with Gasteiger partial charge in [0.05, 0.1) is 19.7 Å². The quantitative estimate of drug-likeness (QED) is 0.280. The zero-order chi connectivity index (χ0) is 26.2. The standard InChI is InChI=1S/C29H28N4O4/c1-29(2,3)26-16-27(33-32-26)31-28(34)20-8-6-7-17-13-18(9-10-19(17)20)37-23-11-12-30-22-15-25(36-5)24(35-4)14-21(22)23/h6-16H,1-5H3,(H2,31,32,33,34). The smallest absolute Gasteiger partial charge is 0.257 e. The van der Waals surface area contributed by atoms with Gasteiger partial charge >= 0.3 is 0 Å². The molecule has 188 valence electrons. The van der Waals surface area contributed by atoms with Crippen LogP contribution in [0.2, 0.25) is 0 Å². The maximum Gasteiger partial charge on any atom is 0.257 e. The van der Waals surface area contributed by atoms with Gasteiger partial charge in [-0.05, 0) is 47.2 Å². The lowest BCUT2D eigenvalue weighted by Gasteiger charge is -2.14. The highest BCUT2D eigenvalue weighted by atomic mass is 16.5. The topological polar surface area (TPSA) is 98.4 Å². The molecule has 1 amide bonds. The number of rotatable bonds is 6. The van der Waals surface area contributed by atoms with Gasteiger partial charge in [0.15, 0.2) is 17.3 Å². The van der Waals surface area contributed by atoms with Crippen LogP contribution >= 0.6 is 0 Å². The summed E-state index contributed by atoms with van der Waals surface area (Å²) in [5.41, 5.74) is 2.13. The Bertz CT molecular complexity index is 1620. The number of aromatic nitrogens is 3. The number of fused-ring (bicyclic) bond motifs is 2. The van der Waals surface area contributed by atoms with Crippen molar-refractivity contribution >= 4 is 33.4 Å². The van der Waals surface area contributed by atoms with Crippen LogP contribution < -0.4 is 19.5 Å². The van der Waals surface area contributed by atoms with E-state index in [0.717, 1.165) is 27.4 Å². The number of ether oxygens (including phenoxy) is 3. The number of amides is 1. The number of carbonyl (C=O) groups excluding carboxylic acids is 1. The number of methoxy groups -OCH3 is 2. The van der Waals surface area contributed by atoms with E-state index in [1.54, 1.807) is 32.5 Å². The van der Waals surface area contributed by atoms with Crippen LogP contribution in [0, 0.1) is 0 Å². The third-order valence-corrected chi connectivity index (χ3v) is 6.16. The van der Waals surface area contributed by atoms with Crippen LogP contribution in [0.1, 0.15) is 36.8 Å². The second-order valence-electron chi connectivity index (χ2n) is 9.69. The highest BCUT2D eigenvalue weighted by Gasteiger charge is 2.19. The van der Waals surface area contributed by atoms with Gasteiger partial charge in [0.25, 0.3) is 5.91 Å². The van der Waals surface area contributed by atoms with Crippen LogP contribution in [0.5, 0.6) is 23.0 Å². The van der Waals surface area contributed by atoms with Crippen molar-refractivity contribution in [3.63, 3.8) is 0 Å². The molecule has 0 atom stereocenters. The molecule has 0 bridgehead atoms. The predicted molar refractivity (Wildman–Crippen MR) is 144 cm³/mol. The molecule has 5 aromatic rings. The van der Waals surface area contributed by atoms with Crippen LogP contribution in [-0.4, -0.2) is 35.3 Å². The summed E-state index contributed by atoms with van der Waals surface area (Å²) >= 11 is 0. The van der Waals surface area contributed by atoms with Gasteiger partial charge in [-0.25, -0.2) is 0 Å². The summed E-state index contributed by atoms with van der Waals surface area (Å²) in [5.74, 6) is 2.71. The Balaban J connectivity index is 1.44. The molecule has 0 saturated carbocycles. The zero-order valence-electron chi connectivity index (χ0n) is 21.4. The number of nitrogens with zero attached hydrogens (tertiary/aromatic N) is 2. The number of carbonyl (C=O) groups is 1. The average molecular weight is 497 g/mol. The average Bonchev–Trinajstić information content (AvgIpc) is 3.36. The molecule has 0 spiro atoms. The van der Waals surface area contributed by atoms with E-state index >= 15 is 0 Å². The van der Waals surface area contributed by atoms with Crippen LogP contribution in [0.25, 0.3) is 21.7 Å². The van der Waals surface area contributed by atoms with Crippen molar-refractivity contribution in [2.24, 2.45) is 0 Å². The first kappa shape index (κ1) is 24.1. The Labute approximate surface area is 214 Å². The summed E-state index contributed by atoms with van der Waals surface area (Å²) in [5, 5.41) is 12.6. The number of hydrogen-bond acceptors (Lipinski definition) is 6. The minimum atomic E-state index is -0.229. The summed E-state index contributed by atoms with van der Waals surface area (Å²) in [6.45, 7) is 6.25. The van der Waals surface area contributed by atoms with E-state index in [1.807, 2.05) is 48.5 Å². The minimum absolute atomic E-state index is 0.0941. The SMILES string of the molecule is COc1cc2nccc(Oc3ccc4c(C(=O)Nc5cc(C(C)(C)C)[nH]n5)cccc4c3)c2cc1OC. The predicted octanol–water partition coefficient (Wildman–Crippen LogP) is 6.47. The van der Waals surface area contributed by atoms with Crippen LogP contribution in [-0.2, 0) is 5.41 Å². The Morgan fingerprint density at radius 3 is 2.41 bits per heavy atom. The Kier molecular flexibility index (Phi) is 6.17. The molecule has 8 nitrogen and oxygen atoms in total. The van der Waals surface area contributed by atoms with E-state index in [4.69, 9.17) is 14.2 Å². The Morgan fingerprint density at radius 2 is 1.68 bits per heavy atom. The molecule has 2 N–H and O–H groups in total. The van der Waals surface area contributed by atoms with Gasteiger partial charge in [0.1, 0.15) is 11.5 Å². The summed E-state index contributed by atoms with van der Waals surface area (Å²) in [6, 6.07) is 18.6. The molecule has 0 unspecified atom stereocenters. The van der Waals surface area contributed by atoms with E-state index in [9.17, 15) is 4.79 Å². The number of H-pyrrole nitrogens is 1. The fourth-order valence-corrected chi connectivity index (χ4v) is 4.14. The molecule has 0 aliphatic carbocycles. The zero-order valence-corrected chi connectivity index (χ0v) is 21.4. The normalized spacial score (nSPS) is 11.5. The first-order chi connectivity index (χ1) is 17.8. The molecule has 0 aliphatic heterocycles. The lowest BCUT2D eigenvalue weighted by atomic mass is 9.92. The van der Waals surface area contributed by atoms with Crippen LogP contribution in [0.3, 0.4) is 0 Å². The van der Waals surface area contributed by atoms with Gasteiger partial charge in [0.2, 0.25) is 0 Å². The molecule has 3 aromatic carbocycles. The number of pyridine rings is 1. The lowest BCUT2D eigenvalue weighted by Crippen LogP contribution is -2.13. The highest BCUT2D eigenvalue weighted by Crippen LogP contribution is 2.37. The molecule has 2 aromatic heterocycles. The van der Waals surface area contributed by atoms with Gasteiger partial charge in [-0.3, -0.25) is 14.9 Å². The summed E-state index contributed by atoms with van der Waals surface area (Å²) in [6.07, 6.45) is 1.69. The molecule has 0 aliphatic rings. The largest absolute Gasteiger partial charge is 0.493 e. The number of benzene rings is 3. The molecule has 0 radical (unpaired) electrons. The third kappa shape index (κ3) is 4.78. The van der Waals surface area contributed by atoms with Crippen LogP contribution in [0.4, 0.5) is 5.82 Å². The molecule has 0 saturated heterocycles. The van der Waals surface area contributed by atoms with Crippen molar-refractivity contribution in [2.75, 3.05) is 19.5 Å². The monoisotopic (exact) mass is 496 g/mol. The molecule has 2 heterocycles. The number of aromatic amines is 1. The molecule has 5 rings (SSSR count). The molecular formula is C29H28N4O4. The van der Waals surface area contributed by atoms with Gasteiger partial charge in [-0.1, -0.05) is 32.9 Å². The van der Waals surface area contributed by atoms with Crippen LogP contribution in [0.15, 0.2) is 66.9 Å². The van der Waals surface area contributed by atoms with Gasteiger partial charge < -0.3 is 19.5 Å². The van der Waals surface area contributed by atoms with Crippen molar-refractivity contribution in [3.05, 3.63) is 78.1 Å². The van der Waals surface area contributed by atoms with Gasteiger partial charge in [-0.15, -0.1) is 0 Å². The summed E-state index contributed by atoms with van der Waals surface area (Å²) in [4.78, 5) is 17.5. The maximum atomic E-state index is 13.1. The van der Waals surface area contributed by atoms with Gasteiger partial charge in [-0.2, -0.15) is 5.10 Å². The van der Waals surface area contributed by atoms with Crippen molar-refractivity contribution in [1.29, 1.82) is 0 Å². The minimum Gasteiger partial charge on any atom is -0.493 e. The summed E-state index contributed by atoms with van der Waals surface area (Å²) < 4.78 is 17.1. The third-order valence-electron chi connectivity index (χ3n) is 6.16. The first-order valence-electron chi connectivity index (χ1n) is 11.9. The van der Waals surface area contributed by atoms with E-state index < -0.39 is 0 Å². The van der Waals surface area contributed by atoms with E-state index in [1.165, 1.54) is 0 Å². The van der Waals surface area contributed by atoms with E-state index in [2.05, 4.69) is 41.3 Å². The summed E-state index contributed by atoms with van der Waals surface area (Å²) in [7, 11) is 3.18. The van der Waals surface area contributed by atoms with Crippen molar-refractivity contribution in [2.45, 2.75) is 26.2 Å².